The Morgan fingerprint density at radius 3 is 2.53 bits per heavy atom. The summed E-state index contributed by atoms with van der Waals surface area (Å²) in [5.74, 6) is -0.438. The van der Waals surface area contributed by atoms with Crippen LogP contribution in [0.3, 0.4) is 0 Å². The van der Waals surface area contributed by atoms with Gasteiger partial charge in [0.2, 0.25) is 0 Å². The predicted molar refractivity (Wildman–Crippen MR) is 116 cm³/mol. The standard InChI is InChI=1S/C25H24N2O5/c1-14-7-12-19(26-13-14)27-21(15-8-10-16(11-9-15)25(30)31-2)20-22(28)17-5-3-4-6-18(17)32-23(20)24(27)29/h7-13,17-18,21H,3-6H2,1-2H3. The van der Waals surface area contributed by atoms with Crippen molar-refractivity contribution in [2.45, 2.75) is 44.8 Å². The number of fused-ring (bicyclic) bond motifs is 1. The Morgan fingerprint density at radius 1 is 1.09 bits per heavy atom. The molecule has 1 aromatic carbocycles. The molecule has 0 spiro atoms. The lowest BCUT2D eigenvalue weighted by atomic mass is 9.77. The number of carbonyl (C=O) groups excluding carboxylic acids is 3. The number of rotatable bonds is 3. The van der Waals surface area contributed by atoms with Crippen LogP contribution in [0.1, 0.15) is 53.2 Å². The van der Waals surface area contributed by atoms with Gasteiger partial charge in [0.05, 0.1) is 30.2 Å². The number of Topliss-reactive ketones (excluding diaryl/α,β-unsaturated/α-hetero) is 1. The number of aromatic nitrogens is 1. The van der Waals surface area contributed by atoms with Gasteiger partial charge in [-0.2, -0.15) is 0 Å². The maximum absolute atomic E-state index is 13.6. The summed E-state index contributed by atoms with van der Waals surface area (Å²) in [5, 5.41) is 0. The van der Waals surface area contributed by atoms with E-state index in [0.29, 0.717) is 22.5 Å². The minimum atomic E-state index is -0.658. The van der Waals surface area contributed by atoms with Crippen LogP contribution in [-0.2, 0) is 19.1 Å². The summed E-state index contributed by atoms with van der Waals surface area (Å²) in [6, 6.07) is 9.79. The summed E-state index contributed by atoms with van der Waals surface area (Å²) < 4.78 is 11.0. The second kappa shape index (κ2) is 7.89. The van der Waals surface area contributed by atoms with E-state index in [4.69, 9.17) is 9.47 Å². The van der Waals surface area contributed by atoms with E-state index < -0.39 is 12.0 Å². The fourth-order valence-electron chi connectivity index (χ4n) is 4.92. The van der Waals surface area contributed by atoms with E-state index in [9.17, 15) is 14.4 Å². The van der Waals surface area contributed by atoms with Gasteiger partial charge in [0, 0.05) is 6.20 Å². The lowest BCUT2D eigenvalue weighted by molar-refractivity contribution is -0.131. The van der Waals surface area contributed by atoms with E-state index in [0.717, 1.165) is 31.2 Å². The number of benzene rings is 1. The van der Waals surface area contributed by atoms with E-state index in [1.807, 2.05) is 13.0 Å². The van der Waals surface area contributed by atoms with E-state index in [-0.39, 0.29) is 29.5 Å². The molecule has 2 aliphatic heterocycles. The van der Waals surface area contributed by atoms with Crippen LogP contribution in [-0.4, -0.2) is 35.9 Å². The number of nitrogens with zero attached hydrogens (tertiary/aromatic N) is 2. The zero-order valence-electron chi connectivity index (χ0n) is 18.0. The van der Waals surface area contributed by atoms with Crippen LogP contribution in [0, 0.1) is 12.8 Å². The Balaban J connectivity index is 1.62. The van der Waals surface area contributed by atoms with Crippen LogP contribution in [0.4, 0.5) is 5.82 Å². The topological polar surface area (TPSA) is 85.8 Å². The van der Waals surface area contributed by atoms with Gasteiger partial charge in [0.25, 0.3) is 5.91 Å². The van der Waals surface area contributed by atoms with E-state index in [2.05, 4.69) is 4.98 Å². The van der Waals surface area contributed by atoms with Gasteiger partial charge in [-0.25, -0.2) is 9.78 Å². The zero-order valence-corrected chi connectivity index (χ0v) is 18.0. The largest absolute Gasteiger partial charge is 0.483 e. The van der Waals surface area contributed by atoms with Crippen molar-refractivity contribution in [1.82, 2.24) is 4.98 Å². The van der Waals surface area contributed by atoms with Crippen molar-refractivity contribution in [3.8, 4) is 0 Å². The molecule has 3 aliphatic rings. The second-order valence-corrected chi connectivity index (χ2v) is 8.54. The number of hydrogen-bond donors (Lipinski definition) is 0. The van der Waals surface area contributed by atoms with Crippen molar-refractivity contribution in [1.29, 1.82) is 0 Å². The monoisotopic (exact) mass is 432 g/mol. The molecule has 1 fully saturated rings. The van der Waals surface area contributed by atoms with Gasteiger partial charge in [-0.3, -0.25) is 14.5 Å². The molecular weight excluding hydrogens is 408 g/mol. The van der Waals surface area contributed by atoms with Gasteiger partial charge in [-0.1, -0.05) is 24.6 Å². The normalized spacial score (nSPS) is 24.7. The number of ketones is 1. The molecule has 7 nitrogen and oxygen atoms in total. The van der Waals surface area contributed by atoms with Crippen molar-refractivity contribution in [3.63, 3.8) is 0 Å². The minimum absolute atomic E-state index is 0.0130. The smallest absolute Gasteiger partial charge is 0.337 e. The molecule has 2 aromatic rings. The van der Waals surface area contributed by atoms with Crippen molar-refractivity contribution >= 4 is 23.5 Å². The molecule has 1 amide bonds. The summed E-state index contributed by atoms with van der Waals surface area (Å²) in [5.41, 5.74) is 2.47. The van der Waals surface area contributed by atoms with Gasteiger partial charge in [0.1, 0.15) is 11.9 Å². The molecule has 0 saturated heterocycles. The molecule has 3 heterocycles. The molecule has 0 N–H and O–H groups in total. The van der Waals surface area contributed by atoms with Crippen LogP contribution in [0.2, 0.25) is 0 Å². The maximum atomic E-state index is 13.6. The van der Waals surface area contributed by atoms with Crippen LogP contribution in [0.15, 0.2) is 53.9 Å². The number of amides is 1. The molecule has 1 aliphatic carbocycles. The number of carbonyl (C=O) groups is 3. The Kier molecular flexibility index (Phi) is 5.04. The number of methoxy groups -OCH3 is 1. The van der Waals surface area contributed by atoms with Crippen LogP contribution in [0.5, 0.6) is 0 Å². The first kappa shape index (κ1) is 20.4. The molecule has 7 heteroatoms. The highest BCUT2D eigenvalue weighted by Gasteiger charge is 2.52. The highest BCUT2D eigenvalue weighted by Crippen LogP contribution is 2.47. The lowest BCUT2D eigenvalue weighted by Crippen LogP contribution is -2.39. The zero-order chi connectivity index (χ0) is 22.4. The third kappa shape index (κ3) is 3.20. The Labute approximate surface area is 186 Å². The lowest BCUT2D eigenvalue weighted by Gasteiger charge is -2.35. The van der Waals surface area contributed by atoms with Gasteiger partial charge < -0.3 is 9.47 Å². The third-order valence-corrected chi connectivity index (χ3v) is 6.55. The van der Waals surface area contributed by atoms with Crippen LogP contribution in [0.25, 0.3) is 0 Å². The number of ether oxygens (including phenoxy) is 2. The minimum Gasteiger partial charge on any atom is -0.483 e. The fraction of sp³-hybridized carbons (Fsp3) is 0.360. The Hall–Kier alpha value is -3.48. The van der Waals surface area contributed by atoms with Crippen molar-refractivity contribution in [2.75, 3.05) is 12.0 Å². The molecule has 3 atom stereocenters. The Morgan fingerprint density at radius 2 is 1.84 bits per heavy atom. The average molecular weight is 432 g/mol. The van der Waals surface area contributed by atoms with Crippen LogP contribution >= 0.6 is 0 Å². The molecular formula is C25H24N2O5. The predicted octanol–water partition coefficient (Wildman–Crippen LogP) is 3.68. The van der Waals surface area contributed by atoms with Crippen molar-refractivity contribution in [2.24, 2.45) is 5.92 Å². The highest BCUT2D eigenvalue weighted by atomic mass is 16.5. The molecule has 164 valence electrons. The average Bonchev–Trinajstić information content (AvgIpc) is 3.12. The molecule has 0 bridgehead atoms. The number of anilines is 1. The first-order chi connectivity index (χ1) is 15.5. The van der Waals surface area contributed by atoms with Crippen LogP contribution < -0.4 is 4.90 Å². The Bertz CT molecular complexity index is 1120. The third-order valence-electron chi connectivity index (χ3n) is 6.55. The molecule has 5 rings (SSSR count). The first-order valence-electron chi connectivity index (χ1n) is 10.9. The second-order valence-electron chi connectivity index (χ2n) is 8.54. The molecule has 32 heavy (non-hydrogen) atoms. The van der Waals surface area contributed by atoms with Gasteiger partial charge in [-0.15, -0.1) is 0 Å². The molecule has 1 aromatic heterocycles. The summed E-state index contributed by atoms with van der Waals surface area (Å²) in [6.07, 6.45) is 4.97. The SMILES string of the molecule is COC(=O)c1ccc(C2C3=C(OC4CCCCC4C3=O)C(=O)N2c2ccc(C)cn2)cc1. The molecule has 3 unspecified atom stereocenters. The molecule has 0 radical (unpaired) electrons. The van der Waals surface area contributed by atoms with Gasteiger partial charge in [0.15, 0.2) is 11.5 Å². The first-order valence-corrected chi connectivity index (χ1v) is 10.9. The fourth-order valence-corrected chi connectivity index (χ4v) is 4.92. The summed E-state index contributed by atoms with van der Waals surface area (Å²) in [7, 11) is 1.33. The number of esters is 1. The number of hydrogen-bond acceptors (Lipinski definition) is 6. The van der Waals surface area contributed by atoms with Crippen molar-refractivity contribution in [3.05, 3.63) is 70.6 Å². The summed E-state index contributed by atoms with van der Waals surface area (Å²) in [6.45, 7) is 1.92. The summed E-state index contributed by atoms with van der Waals surface area (Å²) >= 11 is 0. The highest BCUT2D eigenvalue weighted by molar-refractivity contribution is 6.17. The number of aryl methyl sites for hydroxylation is 1. The summed E-state index contributed by atoms with van der Waals surface area (Å²) in [4.78, 5) is 45.0. The van der Waals surface area contributed by atoms with Gasteiger partial charge >= 0.3 is 5.97 Å². The van der Waals surface area contributed by atoms with Crippen molar-refractivity contribution < 1.29 is 23.9 Å². The van der Waals surface area contributed by atoms with E-state index >= 15 is 0 Å². The van der Waals surface area contributed by atoms with E-state index in [1.54, 1.807) is 36.5 Å². The van der Waals surface area contributed by atoms with Gasteiger partial charge in [-0.05, 0) is 55.5 Å². The maximum Gasteiger partial charge on any atom is 0.337 e. The quantitative estimate of drug-likeness (QED) is 0.688. The van der Waals surface area contributed by atoms with E-state index in [1.165, 1.54) is 12.0 Å². The number of pyridine rings is 1. The molecule has 1 saturated carbocycles.